The minimum atomic E-state index is -4.41. The number of halogens is 4. The average molecular weight is 469 g/mol. The van der Waals surface area contributed by atoms with Crippen molar-refractivity contribution in [3.8, 4) is 5.75 Å². The fourth-order valence-electron chi connectivity index (χ4n) is 2.89. The molecule has 0 bridgehead atoms. The van der Waals surface area contributed by atoms with E-state index in [2.05, 4.69) is 10.3 Å². The Morgan fingerprint density at radius 1 is 1.06 bits per heavy atom. The summed E-state index contributed by atoms with van der Waals surface area (Å²) in [5.74, 6) is 0.282. The number of aryl methyl sites for hydroxylation is 1. The fourth-order valence-corrected chi connectivity index (χ4v) is 3.89. The molecule has 3 rings (SSSR count). The molecule has 0 aliphatic rings. The summed E-state index contributed by atoms with van der Waals surface area (Å²) in [5.41, 5.74) is -0.498. The first-order chi connectivity index (χ1) is 14.5. The fraction of sp³-hybridized carbons (Fsp3) is 0.273. The molecule has 1 N–H and O–H groups in total. The number of carbonyl (C=O) groups excluding carboxylic acids is 1. The van der Waals surface area contributed by atoms with Gasteiger partial charge in [-0.3, -0.25) is 4.79 Å². The molecule has 164 valence electrons. The van der Waals surface area contributed by atoms with Gasteiger partial charge in [0.2, 0.25) is 0 Å². The van der Waals surface area contributed by atoms with Crippen LogP contribution in [0.15, 0.2) is 48.5 Å². The molecule has 0 radical (unpaired) electrons. The summed E-state index contributed by atoms with van der Waals surface area (Å²) >= 11 is 7.06. The minimum absolute atomic E-state index is 0.197. The first-order valence-corrected chi connectivity index (χ1v) is 10.5. The molecule has 0 fully saturated rings. The Kier molecular flexibility index (Phi) is 6.62. The highest BCUT2D eigenvalue weighted by atomic mass is 35.5. The quantitative estimate of drug-likeness (QED) is 0.457. The highest BCUT2D eigenvalue weighted by Gasteiger charge is 2.31. The number of alkyl halides is 3. The summed E-state index contributed by atoms with van der Waals surface area (Å²) in [5, 5.41) is 4.11. The smallest absolute Gasteiger partial charge is 0.416 e. The largest absolute Gasteiger partial charge is 0.486 e. The van der Waals surface area contributed by atoms with Crippen molar-refractivity contribution in [2.45, 2.75) is 39.1 Å². The number of aromatic nitrogens is 1. The molecule has 0 aliphatic carbocycles. The normalized spacial score (nSPS) is 12.0. The van der Waals surface area contributed by atoms with E-state index in [0.29, 0.717) is 31.9 Å². The van der Waals surface area contributed by atoms with Gasteiger partial charge in [-0.1, -0.05) is 23.7 Å². The van der Waals surface area contributed by atoms with Crippen LogP contribution >= 0.6 is 22.9 Å². The first-order valence-electron chi connectivity index (χ1n) is 9.30. The van der Waals surface area contributed by atoms with E-state index < -0.39 is 17.3 Å². The number of ether oxygens (including phenoxy) is 1. The number of rotatable bonds is 6. The lowest BCUT2D eigenvalue weighted by Gasteiger charge is -2.27. The maximum Gasteiger partial charge on any atom is 0.416 e. The van der Waals surface area contributed by atoms with Crippen LogP contribution in [0.25, 0.3) is 0 Å². The molecule has 0 saturated heterocycles. The topological polar surface area (TPSA) is 51.2 Å². The summed E-state index contributed by atoms with van der Waals surface area (Å²) in [7, 11) is 0. The van der Waals surface area contributed by atoms with Crippen LogP contribution in [0.3, 0.4) is 0 Å². The number of carbonyl (C=O) groups is 1. The lowest BCUT2D eigenvalue weighted by Crippen LogP contribution is -2.41. The molecular formula is C22H20ClF3N2O2S. The summed E-state index contributed by atoms with van der Waals surface area (Å²) in [6.07, 6.45) is -4.41. The summed E-state index contributed by atoms with van der Waals surface area (Å²) in [6.45, 7) is 5.38. The lowest BCUT2D eigenvalue weighted by atomic mass is 9.93. The SMILES string of the molecule is Cc1nc(COc2ccc(Cl)cc2)sc1C(=O)NC(C)(C)c1ccc(C(F)(F)F)cc1. The van der Waals surface area contributed by atoms with Crippen molar-refractivity contribution in [1.29, 1.82) is 0 Å². The van der Waals surface area contributed by atoms with Crippen molar-refractivity contribution in [2.75, 3.05) is 0 Å². The van der Waals surface area contributed by atoms with Crippen molar-refractivity contribution in [3.63, 3.8) is 0 Å². The second kappa shape index (κ2) is 8.88. The van der Waals surface area contributed by atoms with E-state index in [1.165, 1.54) is 23.5 Å². The number of hydrogen-bond donors (Lipinski definition) is 1. The van der Waals surface area contributed by atoms with E-state index in [1.807, 2.05) is 0 Å². The van der Waals surface area contributed by atoms with Gasteiger partial charge in [0, 0.05) is 5.02 Å². The van der Waals surface area contributed by atoms with Crippen LogP contribution < -0.4 is 10.1 Å². The Hall–Kier alpha value is -2.58. The van der Waals surface area contributed by atoms with E-state index in [4.69, 9.17) is 16.3 Å². The molecule has 0 saturated carbocycles. The second-order valence-corrected chi connectivity index (χ2v) is 8.94. The molecule has 3 aromatic rings. The van der Waals surface area contributed by atoms with Crippen LogP contribution in [0.2, 0.25) is 5.02 Å². The van der Waals surface area contributed by atoms with Gasteiger partial charge in [0.15, 0.2) is 0 Å². The minimum Gasteiger partial charge on any atom is -0.486 e. The van der Waals surface area contributed by atoms with Crippen LogP contribution in [-0.2, 0) is 18.3 Å². The zero-order valence-corrected chi connectivity index (χ0v) is 18.6. The van der Waals surface area contributed by atoms with Crippen LogP contribution in [-0.4, -0.2) is 10.9 Å². The molecule has 1 aromatic heterocycles. The predicted molar refractivity (Wildman–Crippen MR) is 115 cm³/mol. The molecule has 9 heteroatoms. The molecule has 4 nitrogen and oxygen atoms in total. The standard InChI is InChI=1S/C22H20ClF3N2O2S/c1-13-19(31-18(27-13)12-30-17-10-8-16(23)9-11-17)20(29)28-21(2,3)14-4-6-15(7-5-14)22(24,25)26/h4-11H,12H2,1-3H3,(H,28,29). The Morgan fingerprint density at radius 2 is 1.65 bits per heavy atom. The molecule has 0 spiro atoms. The molecule has 1 amide bonds. The molecule has 0 atom stereocenters. The monoisotopic (exact) mass is 468 g/mol. The highest BCUT2D eigenvalue weighted by molar-refractivity contribution is 7.13. The molecule has 0 unspecified atom stereocenters. The highest BCUT2D eigenvalue weighted by Crippen LogP contribution is 2.31. The number of nitrogens with zero attached hydrogens (tertiary/aromatic N) is 1. The van der Waals surface area contributed by atoms with Gasteiger partial charge in [0.05, 0.1) is 16.8 Å². The van der Waals surface area contributed by atoms with Crippen LogP contribution in [0.4, 0.5) is 13.2 Å². The van der Waals surface area contributed by atoms with Gasteiger partial charge < -0.3 is 10.1 Å². The first kappa shape index (κ1) is 23.1. The number of benzene rings is 2. The van der Waals surface area contributed by atoms with E-state index in [-0.39, 0.29) is 12.5 Å². The zero-order chi connectivity index (χ0) is 22.8. The summed E-state index contributed by atoms with van der Waals surface area (Å²) in [4.78, 5) is 17.6. The van der Waals surface area contributed by atoms with Crippen molar-refractivity contribution >= 4 is 28.8 Å². The number of amides is 1. The van der Waals surface area contributed by atoms with Gasteiger partial charge in [0.1, 0.15) is 22.2 Å². The van der Waals surface area contributed by atoms with Crippen LogP contribution in [0.5, 0.6) is 5.75 Å². The molecular weight excluding hydrogens is 449 g/mol. The molecule has 1 heterocycles. The Bertz CT molecular complexity index is 1060. The maximum absolute atomic E-state index is 12.8. The Labute approximate surface area is 187 Å². The predicted octanol–water partition coefficient (Wildman–Crippen LogP) is 6.37. The van der Waals surface area contributed by atoms with Gasteiger partial charge >= 0.3 is 6.18 Å². The van der Waals surface area contributed by atoms with Crippen molar-refractivity contribution in [2.24, 2.45) is 0 Å². The molecule has 31 heavy (non-hydrogen) atoms. The van der Waals surface area contributed by atoms with Crippen molar-refractivity contribution in [3.05, 3.63) is 80.3 Å². The van der Waals surface area contributed by atoms with Crippen LogP contribution in [0.1, 0.15) is 45.3 Å². The van der Waals surface area contributed by atoms with Crippen LogP contribution in [0, 0.1) is 6.92 Å². The Morgan fingerprint density at radius 3 is 2.23 bits per heavy atom. The third-order valence-electron chi connectivity index (χ3n) is 4.58. The van der Waals surface area contributed by atoms with E-state index >= 15 is 0 Å². The number of nitrogens with one attached hydrogen (secondary N) is 1. The maximum atomic E-state index is 12.8. The zero-order valence-electron chi connectivity index (χ0n) is 17.0. The van der Waals surface area contributed by atoms with Gasteiger partial charge in [-0.25, -0.2) is 4.98 Å². The number of thiazole rings is 1. The Balaban J connectivity index is 1.68. The summed E-state index contributed by atoms with van der Waals surface area (Å²) in [6, 6.07) is 11.7. The number of hydrogen-bond acceptors (Lipinski definition) is 4. The van der Waals surface area contributed by atoms with E-state index in [1.54, 1.807) is 45.0 Å². The van der Waals surface area contributed by atoms with E-state index in [9.17, 15) is 18.0 Å². The van der Waals surface area contributed by atoms with Gasteiger partial charge in [0.25, 0.3) is 5.91 Å². The third kappa shape index (κ3) is 5.77. The second-order valence-electron chi connectivity index (χ2n) is 7.42. The molecule has 2 aromatic carbocycles. The van der Waals surface area contributed by atoms with Crippen molar-refractivity contribution in [1.82, 2.24) is 10.3 Å². The van der Waals surface area contributed by atoms with E-state index in [0.717, 1.165) is 12.1 Å². The third-order valence-corrected chi connectivity index (χ3v) is 5.96. The van der Waals surface area contributed by atoms with Gasteiger partial charge in [-0.05, 0) is 62.7 Å². The molecule has 0 aliphatic heterocycles. The lowest BCUT2D eigenvalue weighted by molar-refractivity contribution is -0.137. The van der Waals surface area contributed by atoms with Crippen molar-refractivity contribution < 1.29 is 22.7 Å². The van der Waals surface area contributed by atoms with Gasteiger partial charge in [-0.2, -0.15) is 13.2 Å². The van der Waals surface area contributed by atoms with Gasteiger partial charge in [-0.15, -0.1) is 11.3 Å². The summed E-state index contributed by atoms with van der Waals surface area (Å²) < 4.78 is 44.0. The average Bonchev–Trinajstić information content (AvgIpc) is 3.07.